The first-order chi connectivity index (χ1) is 19.9. The Hall–Kier alpha value is -4.64. The van der Waals surface area contributed by atoms with Gasteiger partial charge in [0, 0.05) is 34.3 Å². The highest BCUT2D eigenvalue weighted by molar-refractivity contribution is 7.81. The number of benzene rings is 2. The predicted molar refractivity (Wildman–Crippen MR) is 145 cm³/mol. The van der Waals surface area contributed by atoms with Crippen molar-refractivity contribution in [2.24, 2.45) is 0 Å². The van der Waals surface area contributed by atoms with E-state index in [1.54, 1.807) is 18.2 Å². The van der Waals surface area contributed by atoms with Crippen molar-refractivity contribution in [1.82, 2.24) is 14.5 Å². The third-order valence-corrected chi connectivity index (χ3v) is 7.67. The number of ether oxygens (including phenoxy) is 1. The summed E-state index contributed by atoms with van der Waals surface area (Å²) in [5, 5.41) is 10.4. The van der Waals surface area contributed by atoms with Gasteiger partial charge in [0.2, 0.25) is 0 Å². The summed E-state index contributed by atoms with van der Waals surface area (Å²) in [7, 11) is -5.41. The molecule has 0 bridgehead atoms. The zero-order chi connectivity index (χ0) is 29.8. The van der Waals surface area contributed by atoms with Gasteiger partial charge in [-0.15, -0.1) is 0 Å². The van der Waals surface area contributed by atoms with Crippen molar-refractivity contribution in [1.29, 1.82) is 5.26 Å². The highest BCUT2D eigenvalue weighted by Crippen LogP contribution is 2.41. The second-order valence-electron chi connectivity index (χ2n) is 10.0. The maximum absolute atomic E-state index is 14.0. The summed E-state index contributed by atoms with van der Waals surface area (Å²) in [5.74, 6) is -0.827. The molecule has 0 atom stereocenters. The van der Waals surface area contributed by atoms with Crippen LogP contribution in [0, 0.1) is 11.3 Å². The first-order valence-electron chi connectivity index (χ1n) is 12.8. The van der Waals surface area contributed by atoms with Crippen LogP contribution in [0.4, 0.5) is 17.1 Å². The third kappa shape index (κ3) is 5.11. The summed E-state index contributed by atoms with van der Waals surface area (Å²) in [6.45, 7) is -1.67. The van der Waals surface area contributed by atoms with Gasteiger partial charge in [-0.2, -0.15) is 26.9 Å². The van der Waals surface area contributed by atoms with E-state index in [1.807, 2.05) is 4.57 Å². The van der Waals surface area contributed by atoms with E-state index in [4.69, 9.17) is 4.74 Å². The number of aromatic amines is 1. The lowest BCUT2D eigenvalue weighted by Crippen LogP contribution is -2.20. The molecule has 2 aromatic carbocycles. The third-order valence-electron chi connectivity index (χ3n) is 7.28. The molecule has 5 aromatic rings. The van der Waals surface area contributed by atoms with Crippen LogP contribution in [0.5, 0.6) is 11.5 Å². The first kappa shape index (κ1) is 27.5. The summed E-state index contributed by atoms with van der Waals surface area (Å²) in [6, 6.07) is 10.7. The minimum Gasteiger partial charge on any atom is -0.483 e. The zero-order valence-corrected chi connectivity index (χ0v) is 22.4. The molecule has 0 radical (unpaired) electrons. The number of alkyl halides is 3. The summed E-state index contributed by atoms with van der Waals surface area (Å²) >= 11 is 0. The van der Waals surface area contributed by atoms with Crippen molar-refractivity contribution in [2.75, 3.05) is 6.61 Å². The van der Waals surface area contributed by atoms with Crippen molar-refractivity contribution < 1.29 is 34.4 Å². The van der Waals surface area contributed by atoms with Gasteiger partial charge in [0.25, 0.3) is 0 Å². The Morgan fingerprint density at radius 1 is 1.10 bits per heavy atom. The molecule has 14 heteroatoms. The number of rotatable bonds is 6. The van der Waals surface area contributed by atoms with Crippen LogP contribution >= 0.6 is 0 Å². The van der Waals surface area contributed by atoms with E-state index < -0.39 is 34.5 Å². The van der Waals surface area contributed by atoms with Crippen LogP contribution in [-0.4, -0.2) is 35.7 Å². The maximum Gasteiger partial charge on any atom is 0.488 e. The summed E-state index contributed by atoms with van der Waals surface area (Å²) in [6.07, 6.45) is 0.872. The van der Waals surface area contributed by atoms with Gasteiger partial charge in [-0.25, -0.2) is 0 Å². The van der Waals surface area contributed by atoms with Gasteiger partial charge in [0.1, 0.15) is 11.4 Å². The van der Waals surface area contributed by atoms with Gasteiger partial charge in [-0.1, -0.05) is 22.8 Å². The maximum atomic E-state index is 14.0. The SMILES string of the molecule is N#Cc1ccc2c(c1)[nH]c1c2c(=O)c2cc(OCC(F)(F)F)c(-c3cncc(OS(=O)(=O)F)c3)cc2n1C1CCCC1. The molecule has 1 aliphatic carbocycles. The Balaban J connectivity index is 1.69. The molecular weight excluding hydrogens is 580 g/mol. The number of pyridine rings is 2. The lowest BCUT2D eigenvalue weighted by molar-refractivity contribution is -0.153. The summed E-state index contributed by atoms with van der Waals surface area (Å²) < 4.78 is 86.4. The number of hydrogen-bond acceptors (Lipinski definition) is 7. The van der Waals surface area contributed by atoms with E-state index in [0.29, 0.717) is 33.0 Å². The number of H-pyrrole nitrogens is 1. The molecule has 6 rings (SSSR count). The van der Waals surface area contributed by atoms with Gasteiger partial charge in [0.05, 0.1) is 34.1 Å². The molecule has 1 aliphatic rings. The highest BCUT2D eigenvalue weighted by Gasteiger charge is 2.30. The number of halogens is 4. The van der Waals surface area contributed by atoms with Crippen LogP contribution < -0.4 is 14.3 Å². The molecule has 1 fully saturated rings. The molecule has 1 saturated carbocycles. The van der Waals surface area contributed by atoms with Crippen LogP contribution in [0.25, 0.3) is 44.0 Å². The van der Waals surface area contributed by atoms with Crippen LogP contribution in [0.15, 0.2) is 53.6 Å². The molecule has 0 saturated heterocycles. The van der Waals surface area contributed by atoms with E-state index in [-0.39, 0.29) is 28.3 Å². The number of aromatic nitrogens is 3. The number of hydrogen-bond donors (Lipinski definition) is 1. The second-order valence-corrected chi connectivity index (χ2v) is 11.0. The monoisotopic (exact) mass is 600 g/mol. The summed E-state index contributed by atoms with van der Waals surface area (Å²) in [5.41, 5.74) is 1.49. The van der Waals surface area contributed by atoms with Crippen LogP contribution in [0.2, 0.25) is 0 Å². The van der Waals surface area contributed by atoms with Crippen LogP contribution in [0.1, 0.15) is 37.3 Å². The lowest BCUT2D eigenvalue weighted by Gasteiger charge is -2.21. The largest absolute Gasteiger partial charge is 0.488 e. The van der Waals surface area contributed by atoms with E-state index >= 15 is 0 Å². The highest BCUT2D eigenvalue weighted by atomic mass is 32.3. The smallest absolute Gasteiger partial charge is 0.483 e. The average molecular weight is 601 g/mol. The predicted octanol–water partition coefficient (Wildman–Crippen LogP) is 6.22. The van der Waals surface area contributed by atoms with Crippen LogP contribution in [0.3, 0.4) is 0 Å². The van der Waals surface area contributed by atoms with E-state index in [9.17, 15) is 35.5 Å². The Labute approximate surface area is 235 Å². The van der Waals surface area contributed by atoms with E-state index in [2.05, 4.69) is 20.2 Å². The Bertz CT molecular complexity index is 2090. The van der Waals surface area contributed by atoms with Crippen molar-refractivity contribution in [2.45, 2.75) is 37.9 Å². The van der Waals surface area contributed by atoms with Crippen molar-refractivity contribution in [3.63, 3.8) is 0 Å². The van der Waals surface area contributed by atoms with Gasteiger partial charge < -0.3 is 18.5 Å². The molecule has 42 heavy (non-hydrogen) atoms. The van der Waals surface area contributed by atoms with Crippen LogP contribution in [-0.2, 0) is 10.5 Å². The molecular formula is C28H20F4N4O5S. The van der Waals surface area contributed by atoms with Gasteiger partial charge in [0.15, 0.2) is 17.8 Å². The van der Waals surface area contributed by atoms with E-state index in [0.717, 1.165) is 37.9 Å². The molecule has 0 unspecified atom stereocenters. The number of nitriles is 1. The minimum atomic E-state index is -5.41. The molecule has 0 spiro atoms. The fraction of sp³-hybridized carbons (Fsp3) is 0.250. The van der Waals surface area contributed by atoms with Crippen molar-refractivity contribution >= 4 is 43.3 Å². The quantitative estimate of drug-likeness (QED) is 0.181. The topological polar surface area (TPSA) is 127 Å². The summed E-state index contributed by atoms with van der Waals surface area (Å²) in [4.78, 5) is 21.1. The number of nitrogens with zero attached hydrogens (tertiary/aromatic N) is 3. The molecule has 3 heterocycles. The molecule has 0 amide bonds. The van der Waals surface area contributed by atoms with Gasteiger partial charge >= 0.3 is 16.7 Å². The molecule has 3 aromatic heterocycles. The normalized spacial score (nSPS) is 14.5. The number of nitrogens with one attached hydrogen (secondary N) is 1. The Kier molecular flexibility index (Phi) is 6.57. The molecule has 9 nitrogen and oxygen atoms in total. The van der Waals surface area contributed by atoms with Gasteiger partial charge in [-0.3, -0.25) is 9.78 Å². The minimum absolute atomic E-state index is 0.0503. The molecule has 1 N–H and O–H groups in total. The average Bonchev–Trinajstić information content (AvgIpc) is 3.58. The van der Waals surface area contributed by atoms with E-state index in [1.165, 1.54) is 18.3 Å². The first-order valence-corrected chi connectivity index (χ1v) is 14.1. The van der Waals surface area contributed by atoms with Gasteiger partial charge in [-0.05, 0) is 43.2 Å². The fourth-order valence-electron chi connectivity index (χ4n) is 5.64. The van der Waals surface area contributed by atoms with Crippen molar-refractivity contribution in [3.8, 4) is 28.7 Å². The number of fused-ring (bicyclic) bond motifs is 4. The second kappa shape index (κ2) is 10.0. The Morgan fingerprint density at radius 3 is 2.55 bits per heavy atom. The molecule has 216 valence electrons. The van der Waals surface area contributed by atoms with Crippen molar-refractivity contribution in [3.05, 3.63) is 64.6 Å². The standard InChI is InChI=1S/C28H20F4N4O5S/c29-28(30,31)14-40-24-10-21-23(9-20(24)16-8-18(13-34-12-16)41-42(32,38)39)36(17-3-1-2-4-17)27-25(26(21)37)19-6-5-15(11-33)7-22(19)35-27/h5-10,12-13,17,35H,1-4,14H2. The lowest BCUT2D eigenvalue weighted by atomic mass is 10.0. The molecule has 0 aliphatic heterocycles. The Morgan fingerprint density at radius 2 is 1.86 bits per heavy atom. The fourth-order valence-corrected chi connectivity index (χ4v) is 5.96. The zero-order valence-electron chi connectivity index (χ0n) is 21.5.